The summed E-state index contributed by atoms with van der Waals surface area (Å²) in [6.45, 7) is 5.15. The second-order valence-corrected chi connectivity index (χ2v) is 7.92. The van der Waals surface area contributed by atoms with Crippen LogP contribution in [0.4, 0.5) is 0 Å². The molecule has 2 unspecified atom stereocenters. The highest BCUT2D eigenvalue weighted by molar-refractivity contribution is 5.62. The van der Waals surface area contributed by atoms with Gasteiger partial charge in [-0.15, -0.1) is 0 Å². The fraction of sp³-hybridized carbons (Fsp3) is 0.440. The largest absolute Gasteiger partial charge is 0.504 e. The zero-order valence-electron chi connectivity index (χ0n) is 19.2. The first-order chi connectivity index (χ1) is 15.5. The molecule has 3 N–H and O–H groups in total. The number of rotatable bonds is 10. The molecule has 7 heteroatoms. The number of fused-ring (bicyclic) bond motifs is 1. The summed E-state index contributed by atoms with van der Waals surface area (Å²) in [5, 5.41) is 29.4. The highest BCUT2D eigenvalue weighted by Gasteiger charge is 2.36. The number of nitrogens with zero attached hydrogens (tertiary/aromatic N) is 1. The summed E-state index contributed by atoms with van der Waals surface area (Å²) in [5.41, 5.74) is 3.64. The number of aromatic hydroxyl groups is 1. The van der Waals surface area contributed by atoms with Crippen molar-refractivity contribution < 1.29 is 29.5 Å². The molecule has 1 aliphatic rings. The monoisotopic (exact) mass is 443 g/mol. The van der Waals surface area contributed by atoms with Gasteiger partial charge in [-0.2, -0.15) is 0 Å². The molecular weight excluding hydrogens is 410 g/mol. The maximum absolute atomic E-state index is 10.7. The highest BCUT2D eigenvalue weighted by atomic mass is 16.5. The van der Waals surface area contributed by atoms with E-state index in [1.807, 2.05) is 36.1 Å². The zero-order valence-corrected chi connectivity index (χ0v) is 19.2. The van der Waals surface area contributed by atoms with Gasteiger partial charge in [-0.3, -0.25) is 4.90 Å². The SMILES string of the molecule is C/C=C/c1cc(OC)c2c(c1)C(C)C(c1cc(CN(CCO)CCO)c(O)c(OC)c1)O2. The molecule has 0 saturated heterocycles. The van der Waals surface area contributed by atoms with Gasteiger partial charge in [-0.1, -0.05) is 19.1 Å². The van der Waals surface area contributed by atoms with Crippen LogP contribution in [0, 0.1) is 0 Å². The average Bonchev–Trinajstić information content (AvgIpc) is 3.11. The minimum atomic E-state index is -0.280. The topological polar surface area (TPSA) is 91.6 Å². The lowest BCUT2D eigenvalue weighted by atomic mass is 9.90. The van der Waals surface area contributed by atoms with Crippen LogP contribution in [0.1, 0.15) is 48.1 Å². The van der Waals surface area contributed by atoms with E-state index in [2.05, 4.69) is 13.0 Å². The molecule has 0 saturated carbocycles. The van der Waals surface area contributed by atoms with Crippen molar-refractivity contribution in [2.75, 3.05) is 40.5 Å². The Kier molecular flexibility index (Phi) is 8.01. The van der Waals surface area contributed by atoms with Crippen molar-refractivity contribution in [1.82, 2.24) is 4.90 Å². The van der Waals surface area contributed by atoms with Gasteiger partial charge in [-0.05, 0) is 42.3 Å². The number of phenols is 1. The molecule has 0 aromatic heterocycles. The van der Waals surface area contributed by atoms with Crippen molar-refractivity contribution in [3.05, 3.63) is 52.6 Å². The van der Waals surface area contributed by atoms with Crippen LogP contribution in [0.5, 0.6) is 23.0 Å². The first-order valence-electron chi connectivity index (χ1n) is 10.8. The molecular formula is C25H33NO6. The van der Waals surface area contributed by atoms with E-state index in [1.54, 1.807) is 13.2 Å². The first kappa shape index (κ1) is 23.9. The highest BCUT2D eigenvalue weighted by Crippen LogP contribution is 2.51. The van der Waals surface area contributed by atoms with Crippen LogP contribution in [0.2, 0.25) is 0 Å². The molecule has 2 aromatic carbocycles. The van der Waals surface area contributed by atoms with E-state index in [0.29, 0.717) is 36.7 Å². The summed E-state index contributed by atoms with van der Waals surface area (Å²) in [6.07, 6.45) is 3.74. The van der Waals surface area contributed by atoms with Crippen LogP contribution in [0.15, 0.2) is 30.3 Å². The molecule has 2 aromatic rings. The number of ether oxygens (including phenoxy) is 3. The Balaban J connectivity index is 2.00. The van der Waals surface area contributed by atoms with Crippen LogP contribution in [-0.4, -0.2) is 60.7 Å². The van der Waals surface area contributed by atoms with E-state index < -0.39 is 0 Å². The van der Waals surface area contributed by atoms with Gasteiger partial charge in [-0.25, -0.2) is 0 Å². The molecule has 0 aliphatic carbocycles. The normalized spacial score (nSPS) is 17.6. The van der Waals surface area contributed by atoms with E-state index in [1.165, 1.54) is 7.11 Å². The molecule has 0 radical (unpaired) electrons. The van der Waals surface area contributed by atoms with Crippen LogP contribution >= 0.6 is 0 Å². The molecule has 0 fully saturated rings. The molecule has 0 amide bonds. The standard InChI is InChI=1S/C25H33NO6/c1-5-6-17-11-20-16(2)24(32-25(20)22(12-17)31-4)18-13-19(23(29)21(14-18)30-3)15-26(7-9-27)8-10-28/h5-6,11-14,16,24,27-29H,7-10,15H2,1-4H3/b6-5+. The third-order valence-electron chi connectivity index (χ3n) is 5.83. The van der Waals surface area contributed by atoms with Gasteiger partial charge in [0.1, 0.15) is 6.10 Å². The van der Waals surface area contributed by atoms with E-state index in [9.17, 15) is 15.3 Å². The quantitative estimate of drug-likeness (QED) is 0.518. The lowest BCUT2D eigenvalue weighted by Gasteiger charge is -2.23. The molecule has 1 aliphatic heterocycles. The third-order valence-corrected chi connectivity index (χ3v) is 5.83. The number of hydrogen-bond donors (Lipinski definition) is 3. The Bertz CT molecular complexity index is 952. The van der Waals surface area contributed by atoms with Gasteiger partial charge in [0.25, 0.3) is 0 Å². The third kappa shape index (κ3) is 4.85. The van der Waals surface area contributed by atoms with Crippen molar-refractivity contribution in [3.63, 3.8) is 0 Å². The number of allylic oxidation sites excluding steroid dienone is 1. The van der Waals surface area contributed by atoms with Gasteiger partial charge in [0.05, 0.1) is 27.4 Å². The number of benzene rings is 2. The predicted molar refractivity (Wildman–Crippen MR) is 124 cm³/mol. The van der Waals surface area contributed by atoms with Gasteiger partial charge in [0, 0.05) is 36.7 Å². The van der Waals surface area contributed by atoms with Crippen LogP contribution in [0.3, 0.4) is 0 Å². The second-order valence-electron chi connectivity index (χ2n) is 7.92. The Hall–Kier alpha value is -2.74. The molecule has 0 bridgehead atoms. The van der Waals surface area contributed by atoms with Gasteiger partial charge < -0.3 is 29.5 Å². The fourth-order valence-corrected chi connectivity index (χ4v) is 4.22. The number of phenolic OH excluding ortho intramolecular Hbond substituents is 1. The minimum absolute atomic E-state index is 0.0377. The first-order valence-corrected chi connectivity index (χ1v) is 10.8. The number of aliphatic hydroxyl groups excluding tert-OH is 2. The van der Waals surface area contributed by atoms with Crippen molar-refractivity contribution >= 4 is 6.08 Å². The summed E-state index contributed by atoms with van der Waals surface area (Å²) in [6, 6.07) is 7.78. The Morgan fingerprint density at radius 2 is 1.72 bits per heavy atom. The van der Waals surface area contributed by atoms with E-state index in [0.717, 1.165) is 22.4 Å². The second kappa shape index (κ2) is 10.7. The summed E-state index contributed by atoms with van der Waals surface area (Å²) < 4.78 is 17.4. The van der Waals surface area contributed by atoms with Crippen molar-refractivity contribution in [3.8, 4) is 23.0 Å². The summed E-state index contributed by atoms with van der Waals surface area (Å²) in [4.78, 5) is 1.87. The van der Waals surface area contributed by atoms with Crippen LogP contribution in [-0.2, 0) is 6.54 Å². The smallest absolute Gasteiger partial charge is 0.165 e. The lowest BCUT2D eigenvalue weighted by Crippen LogP contribution is -2.29. The lowest BCUT2D eigenvalue weighted by molar-refractivity contribution is 0.154. The maximum Gasteiger partial charge on any atom is 0.165 e. The molecule has 174 valence electrons. The van der Waals surface area contributed by atoms with E-state index >= 15 is 0 Å². The Morgan fingerprint density at radius 1 is 1.03 bits per heavy atom. The van der Waals surface area contributed by atoms with Crippen molar-refractivity contribution in [1.29, 1.82) is 0 Å². The molecule has 3 rings (SSSR count). The molecule has 1 heterocycles. The zero-order chi connectivity index (χ0) is 23.3. The van der Waals surface area contributed by atoms with Gasteiger partial charge >= 0.3 is 0 Å². The van der Waals surface area contributed by atoms with Crippen molar-refractivity contribution in [2.45, 2.75) is 32.4 Å². The summed E-state index contributed by atoms with van der Waals surface area (Å²) in [7, 11) is 3.15. The Labute approximate surface area is 189 Å². The number of aliphatic hydroxyl groups is 2. The number of methoxy groups -OCH3 is 2. The number of hydrogen-bond acceptors (Lipinski definition) is 7. The fourth-order valence-electron chi connectivity index (χ4n) is 4.22. The van der Waals surface area contributed by atoms with E-state index in [-0.39, 0.29) is 31.0 Å². The summed E-state index contributed by atoms with van der Waals surface area (Å²) in [5.74, 6) is 1.88. The van der Waals surface area contributed by atoms with Crippen LogP contribution in [0.25, 0.3) is 6.08 Å². The van der Waals surface area contributed by atoms with Crippen LogP contribution < -0.4 is 14.2 Å². The van der Waals surface area contributed by atoms with E-state index in [4.69, 9.17) is 14.2 Å². The van der Waals surface area contributed by atoms with Gasteiger partial charge in [0.15, 0.2) is 23.0 Å². The molecule has 7 nitrogen and oxygen atoms in total. The molecule has 0 spiro atoms. The van der Waals surface area contributed by atoms with Gasteiger partial charge in [0.2, 0.25) is 0 Å². The molecule has 32 heavy (non-hydrogen) atoms. The molecule has 2 atom stereocenters. The summed E-state index contributed by atoms with van der Waals surface area (Å²) >= 11 is 0. The predicted octanol–water partition coefficient (Wildman–Crippen LogP) is 3.47. The maximum atomic E-state index is 10.7. The minimum Gasteiger partial charge on any atom is -0.504 e. The van der Waals surface area contributed by atoms with Crippen molar-refractivity contribution in [2.24, 2.45) is 0 Å². The Morgan fingerprint density at radius 3 is 2.31 bits per heavy atom. The average molecular weight is 444 g/mol.